The molecule has 0 saturated carbocycles. The van der Waals surface area contributed by atoms with Gasteiger partial charge in [0.25, 0.3) is 0 Å². The summed E-state index contributed by atoms with van der Waals surface area (Å²) in [5, 5.41) is 0. The van der Waals surface area contributed by atoms with E-state index in [1.165, 1.54) is 22.3 Å². The average Bonchev–Trinajstić information content (AvgIpc) is 2.56. The van der Waals surface area contributed by atoms with Gasteiger partial charge in [-0.2, -0.15) is 0 Å². The number of rotatable bonds is 4. The molecule has 0 N–H and O–H groups in total. The first-order valence-corrected chi connectivity index (χ1v) is 7.90. The molecule has 2 aromatic rings. The first-order valence-electron chi connectivity index (χ1n) is 7.90. The van der Waals surface area contributed by atoms with Crippen LogP contribution in [-0.2, 0) is 13.0 Å². The Labute approximate surface area is 127 Å². The largest absolute Gasteiger partial charge is 0.295 e. The third-order valence-corrected chi connectivity index (χ3v) is 4.29. The zero-order valence-corrected chi connectivity index (χ0v) is 12.8. The lowest BCUT2D eigenvalue weighted by molar-refractivity contribution is 0.294. The van der Waals surface area contributed by atoms with Crippen molar-refractivity contribution in [1.82, 2.24) is 4.90 Å². The zero-order chi connectivity index (χ0) is 14.5. The van der Waals surface area contributed by atoms with Crippen molar-refractivity contribution < 1.29 is 0 Å². The Kier molecular flexibility index (Phi) is 4.52. The van der Waals surface area contributed by atoms with E-state index in [0.717, 1.165) is 32.5 Å². The van der Waals surface area contributed by atoms with Crippen molar-refractivity contribution in [3.05, 3.63) is 77.4 Å². The van der Waals surface area contributed by atoms with Crippen LogP contribution in [0.3, 0.4) is 0 Å². The number of aryl methyl sites for hydroxylation is 1. The van der Waals surface area contributed by atoms with E-state index in [-0.39, 0.29) is 0 Å². The Bertz CT molecular complexity index is 613. The Morgan fingerprint density at radius 2 is 1.71 bits per heavy atom. The summed E-state index contributed by atoms with van der Waals surface area (Å²) in [6, 6.07) is 19.6. The molecule has 0 radical (unpaired) electrons. The van der Waals surface area contributed by atoms with Crippen molar-refractivity contribution >= 4 is 5.57 Å². The Hall–Kier alpha value is -1.86. The summed E-state index contributed by atoms with van der Waals surface area (Å²) in [7, 11) is 0. The van der Waals surface area contributed by atoms with E-state index >= 15 is 0 Å². The van der Waals surface area contributed by atoms with Crippen molar-refractivity contribution in [1.29, 1.82) is 0 Å². The molecular weight excluding hydrogens is 254 g/mol. The van der Waals surface area contributed by atoms with Crippen LogP contribution >= 0.6 is 0 Å². The fraction of sp³-hybridized carbons (Fsp3) is 0.300. The van der Waals surface area contributed by atoms with E-state index in [1.54, 1.807) is 0 Å². The van der Waals surface area contributed by atoms with Crippen molar-refractivity contribution in [2.45, 2.75) is 26.3 Å². The predicted molar refractivity (Wildman–Crippen MR) is 90.1 cm³/mol. The van der Waals surface area contributed by atoms with Crippen LogP contribution in [-0.4, -0.2) is 18.0 Å². The smallest absolute Gasteiger partial charge is 0.0237 e. The second-order valence-electron chi connectivity index (χ2n) is 5.71. The molecule has 0 bridgehead atoms. The van der Waals surface area contributed by atoms with Gasteiger partial charge in [-0.05, 0) is 35.1 Å². The highest BCUT2D eigenvalue weighted by Crippen LogP contribution is 2.26. The summed E-state index contributed by atoms with van der Waals surface area (Å²) in [6.07, 6.45) is 4.69. The Morgan fingerprint density at radius 3 is 2.43 bits per heavy atom. The molecule has 1 heterocycles. The second-order valence-corrected chi connectivity index (χ2v) is 5.71. The maximum absolute atomic E-state index is 2.52. The topological polar surface area (TPSA) is 3.24 Å². The third kappa shape index (κ3) is 3.43. The van der Waals surface area contributed by atoms with Gasteiger partial charge in [-0.3, -0.25) is 4.90 Å². The molecule has 2 aromatic carbocycles. The van der Waals surface area contributed by atoms with Crippen LogP contribution in [0.1, 0.15) is 30.0 Å². The highest BCUT2D eigenvalue weighted by molar-refractivity contribution is 5.69. The molecule has 1 aliphatic rings. The molecule has 1 aliphatic heterocycles. The summed E-state index contributed by atoms with van der Waals surface area (Å²) in [5.74, 6) is 0. The van der Waals surface area contributed by atoms with E-state index in [2.05, 4.69) is 72.5 Å². The van der Waals surface area contributed by atoms with Crippen molar-refractivity contribution in [2.75, 3.05) is 13.1 Å². The van der Waals surface area contributed by atoms with Crippen molar-refractivity contribution in [3.8, 4) is 0 Å². The van der Waals surface area contributed by atoms with Crippen LogP contribution in [0.25, 0.3) is 5.57 Å². The molecule has 1 heteroatoms. The van der Waals surface area contributed by atoms with E-state index in [0.29, 0.717) is 0 Å². The van der Waals surface area contributed by atoms with E-state index in [4.69, 9.17) is 0 Å². The number of nitrogens with zero attached hydrogens (tertiary/aromatic N) is 1. The maximum atomic E-state index is 2.52. The first kappa shape index (κ1) is 14.1. The fourth-order valence-corrected chi connectivity index (χ4v) is 3.08. The standard InChI is InChI=1S/C20H23N/c1-2-18-10-6-7-11-20(18)19-12-14-21(15-13-19)16-17-8-4-3-5-9-17/h3-12H,2,13-16H2,1H3. The normalized spacial score (nSPS) is 15.8. The summed E-state index contributed by atoms with van der Waals surface area (Å²) in [6.45, 7) is 5.50. The molecule has 0 aliphatic carbocycles. The number of hydrogen-bond acceptors (Lipinski definition) is 1. The molecule has 0 saturated heterocycles. The lowest BCUT2D eigenvalue weighted by atomic mass is 9.94. The molecule has 0 unspecified atom stereocenters. The molecule has 108 valence electrons. The van der Waals surface area contributed by atoms with Crippen LogP contribution in [0.4, 0.5) is 0 Å². The zero-order valence-electron chi connectivity index (χ0n) is 12.8. The van der Waals surface area contributed by atoms with E-state index in [9.17, 15) is 0 Å². The summed E-state index contributed by atoms with van der Waals surface area (Å²) < 4.78 is 0. The third-order valence-electron chi connectivity index (χ3n) is 4.29. The van der Waals surface area contributed by atoms with E-state index in [1.807, 2.05) is 0 Å². The van der Waals surface area contributed by atoms with Gasteiger partial charge in [0, 0.05) is 19.6 Å². The minimum atomic E-state index is 1.06. The molecule has 1 nitrogen and oxygen atoms in total. The highest BCUT2D eigenvalue weighted by atomic mass is 15.1. The molecule has 0 spiro atoms. The maximum Gasteiger partial charge on any atom is 0.0237 e. The van der Waals surface area contributed by atoms with Gasteiger partial charge in [0.05, 0.1) is 0 Å². The van der Waals surface area contributed by atoms with Gasteiger partial charge in [0.2, 0.25) is 0 Å². The molecule has 3 rings (SSSR count). The van der Waals surface area contributed by atoms with Crippen LogP contribution in [0, 0.1) is 0 Å². The van der Waals surface area contributed by atoms with Crippen molar-refractivity contribution in [3.63, 3.8) is 0 Å². The SMILES string of the molecule is CCc1ccccc1C1=CCN(Cc2ccccc2)CC1. The minimum absolute atomic E-state index is 1.06. The lowest BCUT2D eigenvalue weighted by Crippen LogP contribution is -2.28. The second kappa shape index (κ2) is 6.73. The van der Waals surface area contributed by atoms with Crippen LogP contribution < -0.4 is 0 Å². The van der Waals surface area contributed by atoms with E-state index < -0.39 is 0 Å². The average molecular weight is 277 g/mol. The molecular formula is C20H23N. The van der Waals surface area contributed by atoms with Gasteiger partial charge in [-0.15, -0.1) is 0 Å². The highest BCUT2D eigenvalue weighted by Gasteiger charge is 2.14. The fourth-order valence-electron chi connectivity index (χ4n) is 3.08. The van der Waals surface area contributed by atoms with Crippen LogP contribution in [0.15, 0.2) is 60.7 Å². The molecule has 0 amide bonds. The summed E-state index contributed by atoms with van der Waals surface area (Å²) in [4.78, 5) is 2.52. The number of hydrogen-bond donors (Lipinski definition) is 0. The molecule has 0 aromatic heterocycles. The molecule has 21 heavy (non-hydrogen) atoms. The van der Waals surface area contributed by atoms with Gasteiger partial charge >= 0.3 is 0 Å². The van der Waals surface area contributed by atoms with Gasteiger partial charge in [0.15, 0.2) is 0 Å². The van der Waals surface area contributed by atoms with Crippen LogP contribution in [0.2, 0.25) is 0 Å². The Balaban J connectivity index is 1.69. The van der Waals surface area contributed by atoms with Gasteiger partial charge < -0.3 is 0 Å². The summed E-state index contributed by atoms with van der Waals surface area (Å²) in [5.41, 5.74) is 5.86. The van der Waals surface area contributed by atoms with Gasteiger partial charge in [-0.25, -0.2) is 0 Å². The van der Waals surface area contributed by atoms with Gasteiger partial charge in [-0.1, -0.05) is 67.6 Å². The van der Waals surface area contributed by atoms with Crippen molar-refractivity contribution in [2.24, 2.45) is 0 Å². The predicted octanol–water partition coefficient (Wildman–Crippen LogP) is 4.54. The summed E-state index contributed by atoms with van der Waals surface area (Å²) >= 11 is 0. The Morgan fingerprint density at radius 1 is 0.952 bits per heavy atom. The van der Waals surface area contributed by atoms with Gasteiger partial charge in [0.1, 0.15) is 0 Å². The quantitative estimate of drug-likeness (QED) is 0.793. The molecule has 0 fully saturated rings. The van der Waals surface area contributed by atoms with Crippen LogP contribution in [0.5, 0.6) is 0 Å². The lowest BCUT2D eigenvalue weighted by Gasteiger charge is -2.27. The number of benzene rings is 2. The first-order chi connectivity index (χ1) is 10.4. The molecule has 0 atom stereocenters. The minimum Gasteiger partial charge on any atom is -0.295 e. The monoisotopic (exact) mass is 277 g/mol.